The predicted molar refractivity (Wildman–Crippen MR) is 117 cm³/mol. The molecule has 1 aliphatic heterocycles. The summed E-state index contributed by atoms with van der Waals surface area (Å²) in [5.74, 6) is -0.594. The van der Waals surface area contributed by atoms with E-state index in [1.54, 1.807) is 41.3 Å². The lowest BCUT2D eigenvalue weighted by molar-refractivity contribution is -0.132. The summed E-state index contributed by atoms with van der Waals surface area (Å²) in [6.07, 6.45) is 3.05. The first-order chi connectivity index (χ1) is 15.0. The van der Waals surface area contributed by atoms with Gasteiger partial charge in [-0.3, -0.25) is 14.2 Å². The zero-order chi connectivity index (χ0) is 22.0. The molecule has 1 N–H and O–H groups in total. The van der Waals surface area contributed by atoms with Crippen molar-refractivity contribution in [2.24, 2.45) is 0 Å². The number of benzene rings is 2. The predicted octanol–water partition coefficient (Wildman–Crippen LogP) is 3.52. The monoisotopic (exact) mass is 443 g/mol. The van der Waals surface area contributed by atoms with Crippen LogP contribution in [0, 0.1) is 0 Å². The van der Waals surface area contributed by atoms with Gasteiger partial charge in [-0.05, 0) is 55.7 Å². The van der Waals surface area contributed by atoms with Crippen LogP contribution in [-0.2, 0) is 11.3 Å². The number of hydrogen-bond donors (Lipinski definition) is 1. The van der Waals surface area contributed by atoms with Crippen molar-refractivity contribution in [1.29, 1.82) is 0 Å². The van der Waals surface area contributed by atoms with Gasteiger partial charge < -0.3 is 19.4 Å². The lowest BCUT2D eigenvalue weighted by Gasteiger charge is -2.26. The number of fused-ring (bicyclic) bond motifs is 1. The summed E-state index contributed by atoms with van der Waals surface area (Å²) in [7, 11) is 1.51. The molecule has 2 amide bonds. The smallest absolute Gasteiger partial charge is 0.420 e. The van der Waals surface area contributed by atoms with E-state index in [2.05, 4.69) is 5.32 Å². The van der Waals surface area contributed by atoms with Gasteiger partial charge in [0.05, 0.1) is 23.2 Å². The molecule has 8 nitrogen and oxygen atoms in total. The van der Waals surface area contributed by atoms with Crippen molar-refractivity contribution in [3.8, 4) is 5.75 Å². The molecule has 0 aliphatic carbocycles. The highest BCUT2D eigenvalue weighted by molar-refractivity contribution is 6.34. The lowest BCUT2D eigenvalue weighted by atomic mass is 10.1. The normalized spacial score (nSPS) is 13.9. The largest absolute Gasteiger partial charge is 0.497 e. The van der Waals surface area contributed by atoms with E-state index in [1.165, 1.54) is 11.7 Å². The van der Waals surface area contributed by atoms with Gasteiger partial charge >= 0.3 is 5.76 Å². The Morgan fingerprint density at radius 2 is 1.90 bits per heavy atom. The average molecular weight is 444 g/mol. The third-order valence-electron chi connectivity index (χ3n) is 5.35. The molecule has 0 unspecified atom stereocenters. The van der Waals surface area contributed by atoms with Crippen molar-refractivity contribution in [2.75, 3.05) is 25.5 Å². The third kappa shape index (κ3) is 4.44. The van der Waals surface area contributed by atoms with E-state index in [1.807, 2.05) is 0 Å². The number of nitrogens with zero attached hydrogens (tertiary/aromatic N) is 2. The molecule has 0 saturated carbocycles. The van der Waals surface area contributed by atoms with Crippen LogP contribution in [0.1, 0.15) is 29.6 Å². The molecule has 0 atom stereocenters. The van der Waals surface area contributed by atoms with Crippen molar-refractivity contribution in [2.45, 2.75) is 25.8 Å². The lowest BCUT2D eigenvalue weighted by Crippen LogP contribution is -2.39. The highest BCUT2D eigenvalue weighted by atomic mass is 35.5. The van der Waals surface area contributed by atoms with Crippen molar-refractivity contribution in [3.63, 3.8) is 0 Å². The van der Waals surface area contributed by atoms with Crippen LogP contribution in [0.2, 0.25) is 5.02 Å². The number of carbonyl (C=O) groups is 2. The van der Waals surface area contributed by atoms with E-state index in [-0.39, 0.29) is 23.0 Å². The molecular weight excluding hydrogens is 422 g/mol. The summed E-state index contributed by atoms with van der Waals surface area (Å²) < 4.78 is 11.7. The fourth-order valence-electron chi connectivity index (χ4n) is 3.67. The summed E-state index contributed by atoms with van der Waals surface area (Å²) in [6, 6.07) is 9.59. The van der Waals surface area contributed by atoms with Crippen LogP contribution in [0.3, 0.4) is 0 Å². The number of piperidine rings is 1. The van der Waals surface area contributed by atoms with Gasteiger partial charge in [-0.2, -0.15) is 0 Å². The standard InChI is InChI=1S/C22H22ClN3O5/c1-30-15-6-7-16(17(23)12-15)21(28)24-14-5-8-19-18(11-14)26(22(29)31-19)13-20(27)25-9-3-2-4-10-25/h5-8,11-12H,2-4,9-10,13H2,1H3,(H,24,28). The summed E-state index contributed by atoms with van der Waals surface area (Å²) in [5.41, 5.74) is 1.52. The number of amides is 2. The molecule has 4 rings (SSSR count). The molecule has 0 radical (unpaired) electrons. The maximum Gasteiger partial charge on any atom is 0.420 e. The molecule has 1 aliphatic rings. The average Bonchev–Trinajstić information content (AvgIpc) is 3.08. The second kappa shape index (κ2) is 8.85. The van der Waals surface area contributed by atoms with Crippen LogP contribution < -0.4 is 15.8 Å². The molecule has 0 bridgehead atoms. The van der Waals surface area contributed by atoms with Crippen molar-refractivity contribution < 1.29 is 18.7 Å². The van der Waals surface area contributed by atoms with E-state index >= 15 is 0 Å². The van der Waals surface area contributed by atoms with Crippen LogP contribution in [0.15, 0.2) is 45.6 Å². The Kier molecular flexibility index (Phi) is 5.99. The third-order valence-corrected chi connectivity index (χ3v) is 5.66. The molecule has 2 aromatic carbocycles. The molecular formula is C22H22ClN3O5. The minimum atomic E-state index is -0.609. The molecule has 0 spiro atoms. The minimum Gasteiger partial charge on any atom is -0.497 e. The number of likely N-dealkylation sites (tertiary alicyclic amines) is 1. The number of oxazole rings is 1. The van der Waals surface area contributed by atoms with Gasteiger partial charge in [0, 0.05) is 18.8 Å². The van der Waals surface area contributed by atoms with Crippen molar-refractivity contribution >= 4 is 40.2 Å². The van der Waals surface area contributed by atoms with Crippen LogP contribution >= 0.6 is 11.6 Å². The Labute approximate surface area is 183 Å². The van der Waals surface area contributed by atoms with Gasteiger partial charge in [0.15, 0.2) is 5.58 Å². The fourth-order valence-corrected chi connectivity index (χ4v) is 3.93. The molecule has 162 valence electrons. The molecule has 1 saturated heterocycles. The fraction of sp³-hybridized carbons (Fsp3) is 0.318. The molecule has 1 aromatic heterocycles. The Morgan fingerprint density at radius 3 is 2.61 bits per heavy atom. The molecule has 1 fully saturated rings. The summed E-state index contributed by atoms with van der Waals surface area (Å²) in [6.45, 7) is 1.30. The number of ether oxygens (including phenoxy) is 1. The zero-order valence-electron chi connectivity index (χ0n) is 17.0. The van der Waals surface area contributed by atoms with Gasteiger partial charge in [0.2, 0.25) is 5.91 Å². The number of nitrogens with one attached hydrogen (secondary N) is 1. The topological polar surface area (TPSA) is 93.8 Å². The summed E-state index contributed by atoms with van der Waals surface area (Å²) in [4.78, 5) is 39.4. The van der Waals surface area contributed by atoms with E-state index in [0.29, 0.717) is 35.6 Å². The van der Waals surface area contributed by atoms with E-state index in [0.717, 1.165) is 19.3 Å². The first-order valence-electron chi connectivity index (χ1n) is 10.0. The Hall–Kier alpha value is -3.26. The minimum absolute atomic E-state index is 0.104. The Balaban J connectivity index is 1.57. The maximum absolute atomic E-state index is 12.7. The van der Waals surface area contributed by atoms with E-state index < -0.39 is 11.7 Å². The zero-order valence-corrected chi connectivity index (χ0v) is 17.8. The highest BCUT2D eigenvalue weighted by Crippen LogP contribution is 2.24. The number of hydrogen-bond acceptors (Lipinski definition) is 5. The molecule has 3 aromatic rings. The number of methoxy groups -OCH3 is 1. The SMILES string of the molecule is COc1ccc(C(=O)Nc2ccc3oc(=O)n(CC(=O)N4CCCCC4)c3c2)c(Cl)c1. The number of carbonyl (C=O) groups excluding carboxylic acids is 2. The number of anilines is 1. The van der Waals surface area contributed by atoms with Gasteiger partial charge in [-0.25, -0.2) is 4.79 Å². The van der Waals surface area contributed by atoms with Gasteiger partial charge in [-0.1, -0.05) is 11.6 Å². The summed E-state index contributed by atoms with van der Waals surface area (Å²) in [5, 5.41) is 3.02. The summed E-state index contributed by atoms with van der Waals surface area (Å²) >= 11 is 6.18. The van der Waals surface area contributed by atoms with E-state index in [9.17, 15) is 14.4 Å². The maximum atomic E-state index is 12.7. The van der Waals surface area contributed by atoms with E-state index in [4.69, 9.17) is 20.8 Å². The first kappa shape index (κ1) is 21.0. The van der Waals surface area contributed by atoms with Crippen LogP contribution in [0.25, 0.3) is 11.1 Å². The van der Waals surface area contributed by atoms with Gasteiger partial charge in [-0.15, -0.1) is 0 Å². The van der Waals surface area contributed by atoms with Gasteiger partial charge in [0.1, 0.15) is 12.3 Å². The quantitative estimate of drug-likeness (QED) is 0.651. The highest BCUT2D eigenvalue weighted by Gasteiger charge is 2.20. The van der Waals surface area contributed by atoms with Crippen LogP contribution in [0.5, 0.6) is 5.75 Å². The second-order valence-corrected chi connectivity index (χ2v) is 7.79. The molecule has 31 heavy (non-hydrogen) atoms. The molecule has 9 heteroatoms. The molecule has 2 heterocycles. The van der Waals surface area contributed by atoms with Gasteiger partial charge in [0.25, 0.3) is 5.91 Å². The first-order valence-corrected chi connectivity index (χ1v) is 10.4. The number of aromatic nitrogens is 1. The number of halogens is 1. The number of rotatable bonds is 5. The Morgan fingerprint density at radius 1 is 1.13 bits per heavy atom. The van der Waals surface area contributed by atoms with Crippen LogP contribution in [-0.4, -0.2) is 41.5 Å². The van der Waals surface area contributed by atoms with Crippen LogP contribution in [0.4, 0.5) is 5.69 Å². The van der Waals surface area contributed by atoms with Crippen molar-refractivity contribution in [1.82, 2.24) is 9.47 Å². The second-order valence-electron chi connectivity index (χ2n) is 7.38. The van der Waals surface area contributed by atoms with Crippen molar-refractivity contribution in [3.05, 3.63) is 57.5 Å². The Bertz CT molecular complexity index is 1190.